The van der Waals surface area contributed by atoms with Crippen molar-refractivity contribution >= 4 is 5.91 Å². The zero-order valence-corrected chi connectivity index (χ0v) is 11.0. The first-order chi connectivity index (χ1) is 8.74. The third-order valence-electron chi connectivity index (χ3n) is 3.43. The second-order valence-corrected chi connectivity index (χ2v) is 4.61. The van der Waals surface area contributed by atoms with Crippen LogP contribution in [0.4, 0.5) is 0 Å². The number of hydrogen-bond donors (Lipinski definition) is 1. The summed E-state index contributed by atoms with van der Waals surface area (Å²) in [5, 5.41) is 3.24. The Hall–Kier alpha value is -1.55. The number of likely N-dealkylation sites (N-methyl/N-ethyl adjacent to an activating group) is 1. The lowest BCUT2D eigenvalue weighted by molar-refractivity contribution is 0.0698. The smallest absolute Gasteiger partial charge is 0.254 e. The van der Waals surface area contributed by atoms with E-state index in [1.54, 1.807) is 13.2 Å². The average molecular weight is 248 g/mol. The molecule has 1 aliphatic rings. The lowest BCUT2D eigenvalue weighted by Crippen LogP contribution is -2.46. The fourth-order valence-electron chi connectivity index (χ4n) is 2.34. The fourth-order valence-corrected chi connectivity index (χ4v) is 2.34. The van der Waals surface area contributed by atoms with Crippen molar-refractivity contribution in [3.8, 4) is 5.75 Å². The van der Waals surface area contributed by atoms with Crippen molar-refractivity contribution in [2.24, 2.45) is 0 Å². The highest BCUT2D eigenvalue weighted by atomic mass is 16.5. The third-order valence-corrected chi connectivity index (χ3v) is 3.43. The minimum atomic E-state index is 0.0915. The van der Waals surface area contributed by atoms with Crippen LogP contribution >= 0.6 is 0 Å². The lowest BCUT2D eigenvalue weighted by atomic mass is 10.0. The zero-order chi connectivity index (χ0) is 13.0. The van der Waals surface area contributed by atoms with Crippen LogP contribution in [-0.2, 0) is 0 Å². The first kappa shape index (κ1) is 12.9. The van der Waals surface area contributed by atoms with Gasteiger partial charge in [0.1, 0.15) is 5.75 Å². The molecule has 1 unspecified atom stereocenters. The summed E-state index contributed by atoms with van der Waals surface area (Å²) in [5.41, 5.74) is 0.700. The van der Waals surface area contributed by atoms with Gasteiger partial charge in [0.05, 0.1) is 7.11 Å². The number of benzene rings is 1. The van der Waals surface area contributed by atoms with E-state index in [2.05, 4.69) is 5.32 Å². The highest BCUT2D eigenvalue weighted by Crippen LogP contribution is 2.17. The van der Waals surface area contributed by atoms with E-state index in [1.807, 2.05) is 30.1 Å². The fraction of sp³-hybridized carbons (Fsp3) is 0.500. The second-order valence-electron chi connectivity index (χ2n) is 4.61. The van der Waals surface area contributed by atoms with Crippen molar-refractivity contribution in [3.05, 3.63) is 29.8 Å². The van der Waals surface area contributed by atoms with Gasteiger partial charge >= 0.3 is 0 Å². The van der Waals surface area contributed by atoms with Crippen molar-refractivity contribution in [2.45, 2.75) is 18.9 Å². The summed E-state index contributed by atoms with van der Waals surface area (Å²) < 4.78 is 5.15. The molecule has 1 atom stereocenters. The maximum Gasteiger partial charge on any atom is 0.254 e. The summed E-state index contributed by atoms with van der Waals surface area (Å²) in [4.78, 5) is 14.3. The highest BCUT2D eigenvalue weighted by Gasteiger charge is 2.23. The Kier molecular flexibility index (Phi) is 4.20. The van der Waals surface area contributed by atoms with Crippen molar-refractivity contribution in [1.29, 1.82) is 0 Å². The molecule has 2 rings (SSSR count). The average Bonchev–Trinajstić information content (AvgIpc) is 2.46. The molecule has 0 aliphatic carbocycles. The van der Waals surface area contributed by atoms with Gasteiger partial charge in [0.15, 0.2) is 0 Å². The Morgan fingerprint density at radius 1 is 1.50 bits per heavy atom. The molecule has 4 nitrogen and oxygen atoms in total. The van der Waals surface area contributed by atoms with E-state index in [0.717, 1.165) is 31.7 Å². The SMILES string of the molecule is CNC1CCCN(C(=O)c2cccc(OC)c2)C1. The van der Waals surface area contributed by atoms with Crippen LogP contribution in [0.25, 0.3) is 0 Å². The number of nitrogens with zero attached hydrogens (tertiary/aromatic N) is 1. The molecule has 1 amide bonds. The standard InChI is InChI=1S/C14H20N2O2/c1-15-12-6-4-8-16(10-12)14(17)11-5-3-7-13(9-11)18-2/h3,5,7,9,12,15H,4,6,8,10H2,1-2H3. The van der Waals surface area contributed by atoms with Gasteiger partial charge in [-0.2, -0.15) is 0 Å². The van der Waals surface area contributed by atoms with Gasteiger partial charge in [-0.05, 0) is 38.1 Å². The molecule has 1 saturated heterocycles. The first-order valence-electron chi connectivity index (χ1n) is 6.35. The van der Waals surface area contributed by atoms with Crippen molar-refractivity contribution < 1.29 is 9.53 Å². The molecule has 0 aromatic heterocycles. The number of rotatable bonds is 3. The van der Waals surface area contributed by atoms with Crippen molar-refractivity contribution in [1.82, 2.24) is 10.2 Å². The minimum Gasteiger partial charge on any atom is -0.497 e. The van der Waals surface area contributed by atoms with Crippen LogP contribution in [-0.4, -0.2) is 44.1 Å². The monoisotopic (exact) mass is 248 g/mol. The molecular weight excluding hydrogens is 228 g/mol. The van der Waals surface area contributed by atoms with Crippen LogP contribution in [0.15, 0.2) is 24.3 Å². The molecule has 1 fully saturated rings. The van der Waals surface area contributed by atoms with E-state index < -0.39 is 0 Å². The van der Waals surface area contributed by atoms with Gasteiger partial charge < -0.3 is 15.0 Å². The predicted molar refractivity (Wildman–Crippen MR) is 71.0 cm³/mol. The summed E-state index contributed by atoms with van der Waals surface area (Å²) in [6, 6.07) is 7.75. The van der Waals surface area contributed by atoms with Crippen LogP contribution < -0.4 is 10.1 Å². The van der Waals surface area contributed by atoms with Gasteiger partial charge in [-0.15, -0.1) is 0 Å². The molecular formula is C14H20N2O2. The van der Waals surface area contributed by atoms with Gasteiger partial charge in [-0.25, -0.2) is 0 Å². The number of hydrogen-bond acceptors (Lipinski definition) is 3. The normalized spacial score (nSPS) is 19.7. The van der Waals surface area contributed by atoms with Crippen molar-refractivity contribution in [2.75, 3.05) is 27.2 Å². The molecule has 1 aliphatic heterocycles. The quantitative estimate of drug-likeness (QED) is 0.881. The number of nitrogens with one attached hydrogen (secondary N) is 1. The third kappa shape index (κ3) is 2.82. The van der Waals surface area contributed by atoms with E-state index in [4.69, 9.17) is 4.74 Å². The van der Waals surface area contributed by atoms with Crippen LogP contribution in [0.5, 0.6) is 5.75 Å². The molecule has 1 aromatic carbocycles. The molecule has 1 N–H and O–H groups in total. The Morgan fingerprint density at radius 2 is 2.33 bits per heavy atom. The highest BCUT2D eigenvalue weighted by molar-refractivity contribution is 5.94. The lowest BCUT2D eigenvalue weighted by Gasteiger charge is -2.32. The van der Waals surface area contributed by atoms with Crippen LogP contribution in [0.2, 0.25) is 0 Å². The summed E-state index contributed by atoms with van der Waals surface area (Å²) in [6.07, 6.45) is 2.19. The molecule has 0 radical (unpaired) electrons. The zero-order valence-electron chi connectivity index (χ0n) is 11.0. The molecule has 1 heterocycles. The maximum atomic E-state index is 12.4. The molecule has 98 valence electrons. The van der Waals surface area contributed by atoms with Crippen molar-refractivity contribution in [3.63, 3.8) is 0 Å². The molecule has 18 heavy (non-hydrogen) atoms. The van der Waals surface area contributed by atoms with E-state index in [9.17, 15) is 4.79 Å². The topological polar surface area (TPSA) is 41.6 Å². The second kappa shape index (κ2) is 5.87. The summed E-state index contributed by atoms with van der Waals surface area (Å²) in [5.74, 6) is 0.817. The Balaban J connectivity index is 2.10. The van der Waals surface area contributed by atoms with E-state index in [-0.39, 0.29) is 5.91 Å². The summed E-state index contributed by atoms with van der Waals surface area (Å²) in [7, 11) is 3.56. The molecule has 0 bridgehead atoms. The number of likely N-dealkylation sites (tertiary alicyclic amines) is 1. The maximum absolute atomic E-state index is 12.4. The van der Waals surface area contributed by atoms with Gasteiger partial charge in [-0.3, -0.25) is 4.79 Å². The largest absolute Gasteiger partial charge is 0.497 e. The van der Waals surface area contributed by atoms with Gasteiger partial charge in [0, 0.05) is 24.7 Å². The van der Waals surface area contributed by atoms with E-state index in [1.165, 1.54) is 0 Å². The molecule has 0 saturated carbocycles. The molecule has 1 aromatic rings. The first-order valence-corrected chi connectivity index (χ1v) is 6.35. The van der Waals surface area contributed by atoms with Gasteiger partial charge in [-0.1, -0.05) is 6.07 Å². The number of carbonyl (C=O) groups excluding carboxylic acids is 1. The van der Waals surface area contributed by atoms with Crippen LogP contribution in [0, 0.1) is 0 Å². The number of ether oxygens (including phenoxy) is 1. The Morgan fingerprint density at radius 3 is 3.06 bits per heavy atom. The molecule has 4 heteroatoms. The van der Waals surface area contributed by atoms with Gasteiger partial charge in [0.25, 0.3) is 5.91 Å². The number of methoxy groups -OCH3 is 1. The number of amides is 1. The number of piperidine rings is 1. The van der Waals surface area contributed by atoms with E-state index >= 15 is 0 Å². The summed E-state index contributed by atoms with van der Waals surface area (Å²) in [6.45, 7) is 1.63. The van der Waals surface area contributed by atoms with Crippen LogP contribution in [0.1, 0.15) is 23.2 Å². The Bertz CT molecular complexity index is 420. The van der Waals surface area contributed by atoms with Crippen LogP contribution in [0.3, 0.4) is 0 Å². The Labute approximate surface area is 108 Å². The molecule has 0 spiro atoms. The predicted octanol–water partition coefficient (Wildman–Crippen LogP) is 1.52. The minimum absolute atomic E-state index is 0.0915. The number of carbonyl (C=O) groups is 1. The van der Waals surface area contributed by atoms with Gasteiger partial charge in [0.2, 0.25) is 0 Å². The van der Waals surface area contributed by atoms with E-state index in [0.29, 0.717) is 11.6 Å². The summed E-state index contributed by atoms with van der Waals surface area (Å²) >= 11 is 0.